The van der Waals surface area contributed by atoms with Crippen LogP contribution >= 0.6 is 0 Å². The second kappa shape index (κ2) is 4.24. The minimum atomic E-state index is -0.135. The summed E-state index contributed by atoms with van der Waals surface area (Å²) in [5, 5.41) is 0. The molecule has 1 saturated carbocycles. The molecule has 0 amide bonds. The van der Waals surface area contributed by atoms with Crippen LogP contribution in [-0.2, 0) is 0 Å². The van der Waals surface area contributed by atoms with Gasteiger partial charge in [-0.2, -0.15) is 0 Å². The Balaban J connectivity index is 1.58. The molecule has 3 heteroatoms. The Morgan fingerprint density at radius 1 is 1.12 bits per heavy atom. The zero-order valence-electron chi connectivity index (χ0n) is 9.51. The third-order valence-corrected chi connectivity index (χ3v) is 3.39. The predicted octanol–water partition coefficient (Wildman–Crippen LogP) is 3.12. The van der Waals surface area contributed by atoms with Crippen LogP contribution in [0.2, 0.25) is 0 Å². The maximum absolute atomic E-state index is 13.1. The fourth-order valence-electron chi connectivity index (χ4n) is 2.39. The fourth-order valence-corrected chi connectivity index (χ4v) is 2.39. The van der Waals surface area contributed by atoms with Crippen molar-refractivity contribution in [3.05, 3.63) is 60.2 Å². The van der Waals surface area contributed by atoms with E-state index in [9.17, 15) is 4.39 Å². The van der Waals surface area contributed by atoms with Gasteiger partial charge in [0, 0.05) is 18.4 Å². The van der Waals surface area contributed by atoms with Crippen LogP contribution in [0.3, 0.4) is 0 Å². The van der Waals surface area contributed by atoms with Crippen molar-refractivity contribution in [3.63, 3.8) is 0 Å². The van der Waals surface area contributed by atoms with Crippen LogP contribution in [0.1, 0.15) is 24.3 Å². The molecule has 2 aromatic rings. The molecule has 1 aromatic carbocycles. The lowest BCUT2D eigenvalue weighted by atomic mass is 9.76. The second-order valence-electron chi connectivity index (χ2n) is 4.64. The summed E-state index contributed by atoms with van der Waals surface area (Å²) in [6.07, 6.45) is 6.13. The van der Waals surface area contributed by atoms with Crippen molar-refractivity contribution in [3.8, 4) is 0 Å². The molecule has 2 nitrogen and oxygen atoms in total. The molecule has 1 aliphatic carbocycles. The molecule has 0 radical (unpaired) electrons. The lowest BCUT2D eigenvalue weighted by molar-refractivity contribution is 0.351. The summed E-state index contributed by atoms with van der Waals surface area (Å²) in [4.78, 5) is 0. The van der Waals surface area contributed by atoms with Crippen molar-refractivity contribution in [1.82, 2.24) is 4.68 Å². The van der Waals surface area contributed by atoms with Gasteiger partial charge in [-0.05, 0) is 48.6 Å². The molecular formula is C14H15FN2. The first-order valence-electron chi connectivity index (χ1n) is 5.96. The second-order valence-corrected chi connectivity index (χ2v) is 4.64. The summed E-state index contributed by atoms with van der Waals surface area (Å²) >= 11 is 0. The lowest BCUT2D eigenvalue weighted by Crippen LogP contribution is -2.38. The van der Waals surface area contributed by atoms with Gasteiger partial charge in [-0.15, -0.1) is 0 Å². The topological polar surface area (TPSA) is 17.0 Å². The third kappa shape index (κ3) is 2.18. The minimum absolute atomic E-state index is 0.135. The van der Waals surface area contributed by atoms with Gasteiger partial charge in [0.1, 0.15) is 5.82 Å². The zero-order valence-corrected chi connectivity index (χ0v) is 9.51. The molecule has 1 aliphatic rings. The van der Waals surface area contributed by atoms with Crippen molar-refractivity contribution in [2.24, 2.45) is 0 Å². The molecular weight excluding hydrogens is 215 g/mol. The molecule has 1 aromatic heterocycles. The molecule has 1 heterocycles. The normalized spacial score (nSPS) is 23.1. The van der Waals surface area contributed by atoms with Crippen LogP contribution in [-0.4, -0.2) is 10.7 Å². The zero-order chi connectivity index (χ0) is 11.7. The Morgan fingerprint density at radius 3 is 2.59 bits per heavy atom. The minimum Gasteiger partial charge on any atom is -0.323 e. The van der Waals surface area contributed by atoms with Crippen LogP contribution in [0.15, 0.2) is 48.8 Å². The van der Waals surface area contributed by atoms with E-state index in [0.29, 0.717) is 12.0 Å². The Kier molecular flexibility index (Phi) is 2.59. The van der Waals surface area contributed by atoms with Gasteiger partial charge in [-0.3, -0.25) is 4.68 Å². The van der Waals surface area contributed by atoms with E-state index < -0.39 is 0 Å². The standard InChI is InChI=1S/C14H15FN2/c15-13-5-3-4-11(8-13)12-9-14(10-12)16-17-6-1-2-7-17/h1-8,12,14,16H,9-10H2. The van der Waals surface area contributed by atoms with Crippen molar-refractivity contribution in [1.29, 1.82) is 0 Å². The maximum atomic E-state index is 13.1. The molecule has 0 aliphatic heterocycles. The van der Waals surface area contributed by atoms with Gasteiger partial charge in [0.2, 0.25) is 0 Å². The van der Waals surface area contributed by atoms with Crippen LogP contribution < -0.4 is 5.43 Å². The third-order valence-electron chi connectivity index (χ3n) is 3.39. The predicted molar refractivity (Wildman–Crippen MR) is 66.0 cm³/mol. The van der Waals surface area contributed by atoms with Crippen molar-refractivity contribution >= 4 is 0 Å². The van der Waals surface area contributed by atoms with E-state index in [2.05, 4.69) is 5.43 Å². The van der Waals surface area contributed by atoms with Crippen LogP contribution in [0.4, 0.5) is 4.39 Å². The summed E-state index contributed by atoms with van der Waals surface area (Å²) in [7, 11) is 0. The Labute approximate surface area is 100 Å². The first kappa shape index (κ1) is 10.4. The van der Waals surface area contributed by atoms with Crippen LogP contribution in [0.25, 0.3) is 0 Å². The quantitative estimate of drug-likeness (QED) is 0.857. The molecule has 0 atom stereocenters. The number of halogens is 1. The molecule has 0 unspecified atom stereocenters. The number of aromatic nitrogens is 1. The summed E-state index contributed by atoms with van der Waals surface area (Å²) < 4.78 is 15.0. The monoisotopic (exact) mass is 230 g/mol. The molecule has 0 saturated heterocycles. The highest BCUT2D eigenvalue weighted by Gasteiger charge is 2.30. The highest BCUT2D eigenvalue weighted by Crippen LogP contribution is 2.37. The maximum Gasteiger partial charge on any atom is 0.123 e. The van der Waals surface area contributed by atoms with E-state index in [4.69, 9.17) is 0 Å². The molecule has 1 N–H and O–H groups in total. The van der Waals surface area contributed by atoms with Gasteiger partial charge < -0.3 is 5.43 Å². The van der Waals surface area contributed by atoms with Gasteiger partial charge in [0.05, 0.1) is 0 Å². The molecule has 3 rings (SSSR count). The van der Waals surface area contributed by atoms with E-state index in [1.165, 1.54) is 6.07 Å². The van der Waals surface area contributed by atoms with Gasteiger partial charge in [-0.25, -0.2) is 4.39 Å². The average molecular weight is 230 g/mol. The van der Waals surface area contributed by atoms with Crippen molar-refractivity contribution < 1.29 is 4.39 Å². The van der Waals surface area contributed by atoms with Gasteiger partial charge in [0.15, 0.2) is 0 Å². The van der Waals surface area contributed by atoms with E-state index in [0.717, 1.165) is 18.4 Å². The summed E-state index contributed by atoms with van der Waals surface area (Å²) in [5.41, 5.74) is 4.52. The Hall–Kier alpha value is -1.77. The van der Waals surface area contributed by atoms with Gasteiger partial charge >= 0.3 is 0 Å². The lowest BCUT2D eigenvalue weighted by Gasteiger charge is -2.36. The Bertz CT molecular complexity index is 487. The number of nitrogens with one attached hydrogen (secondary N) is 1. The number of nitrogens with zero attached hydrogens (tertiary/aromatic N) is 1. The largest absolute Gasteiger partial charge is 0.323 e. The first-order chi connectivity index (χ1) is 8.31. The molecule has 1 fully saturated rings. The molecule has 0 bridgehead atoms. The number of benzene rings is 1. The van der Waals surface area contributed by atoms with Crippen molar-refractivity contribution in [2.45, 2.75) is 24.8 Å². The van der Waals surface area contributed by atoms with Crippen molar-refractivity contribution in [2.75, 3.05) is 5.43 Å². The van der Waals surface area contributed by atoms with Crippen LogP contribution in [0, 0.1) is 5.82 Å². The smallest absolute Gasteiger partial charge is 0.123 e. The van der Waals surface area contributed by atoms with Gasteiger partial charge in [0.25, 0.3) is 0 Å². The SMILES string of the molecule is Fc1cccc(C2CC(Nn3cccc3)C2)c1. The Morgan fingerprint density at radius 2 is 1.88 bits per heavy atom. The van der Waals surface area contributed by atoms with Crippen LogP contribution in [0.5, 0.6) is 0 Å². The molecule has 17 heavy (non-hydrogen) atoms. The average Bonchev–Trinajstić information content (AvgIpc) is 2.75. The van der Waals surface area contributed by atoms with E-state index in [1.807, 2.05) is 35.3 Å². The highest BCUT2D eigenvalue weighted by atomic mass is 19.1. The number of hydrogen-bond donors (Lipinski definition) is 1. The summed E-state index contributed by atoms with van der Waals surface area (Å²) in [5.74, 6) is 0.364. The first-order valence-corrected chi connectivity index (χ1v) is 5.96. The molecule has 0 spiro atoms. The van der Waals surface area contributed by atoms with Gasteiger partial charge in [-0.1, -0.05) is 12.1 Å². The summed E-state index contributed by atoms with van der Waals surface area (Å²) in [6, 6.07) is 11.4. The fraction of sp³-hybridized carbons (Fsp3) is 0.286. The summed E-state index contributed by atoms with van der Waals surface area (Å²) in [6.45, 7) is 0. The number of hydrogen-bond acceptors (Lipinski definition) is 1. The van der Waals surface area contributed by atoms with E-state index in [1.54, 1.807) is 12.1 Å². The van der Waals surface area contributed by atoms with E-state index >= 15 is 0 Å². The molecule has 88 valence electrons. The van der Waals surface area contributed by atoms with E-state index in [-0.39, 0.29) is 5.82 Å². The highest BCUT2D eigenvalue weighted by molar-refractivity contribution is 5.24. The number of rotatable bonds is 3.